The molecule has 4 heterocycles. The SMILES string of the molecule is c1cncc(-c2ccc(-n3c4ccccc4c4c5cccnc5c5[se]c6ccccc6c5c43)c3ccccc23)c1. The maximum atomic E-state index is 4.97. The fourth-order valence-corrected chi connectivity index (χ4v) is 9.04. The third-order valence-electron chi connectivity index (χ3n) is 8.11. The van der Waals surface area contributed by atoms with E-state index < -0.39 is 0 Å². The maximum absolute atomic E-state index is 4.97. The van der Waals surface area contributed by atoms with Crippen LogP contribution in [0.2, 0.25) is 0 Å². The summed E-state index contributed by atoms with van der Waals surface area (Å²) in [5.74, 6) is 0. The van der Waals surface area contributed by atoms with E-state index >= 15 is 0 Å². The summed E-state index contributed by atoms with van der Waals surface area (Å²) in [6, 6.07) is 39.6. The Hall–Kier alpha value is -4.76. The number of nitrogens with zero attached hydrogens (tertiary/aromatic N) is 3. The zero-order chi connectivity index (χ0) is 26.2. The molecular weight excluding hydrogens is 553 g/mol. The number of rotatable bonds is 2. The Kier molecular flexibility index (Phi) is 4.62. The minimum atomic E-state index is 0.195. The van der Waals surface area contributed by atoms with Crippen LogP contribution in [0.5, 0.6) is 0 Å². The fourth-order valence-electron chi connectivity index (χ4n) is 6.49. The molecule has 9 aromatic rings. The first-order valence-electron chi connectivity index (χ1n) is 13.4. The molecule has 0 N–H and O–H groups in total. The normalized spacial score (nSPS) is 12.0. The molecule has 0 aliphatic heterocycles. The van der Waals surface area contributed by atoms with Gasteiger partial charge in [0.1, 0.15) is 0 Å². The summed E-state index contributed by atoms with van der Waals surface area (Å²) in [5.41, 5.74) is 7.15. The van der Waals surface area contributed by atoms with Crippen molar-refractivity contribution < 1.29 is 0 Å². The first-order chi connectivity index (χ1) is 19.9. The Morgan fingerprint density at radius 3 is 2.20 bits per heavy atom. The van der Waals surface area contributed by atoms with Crippen LogP contribution in [0.15, 0.2) is 128 Å². The second-order valence-electron chi connectivity index (χ2n) is 10.2. The molecule has 0 saturated carbocycles. The van der Waals surface area contributed by atoms with Crippen LogP contribution in [0.3, 0.4) is 0 Å². The number of hydrogen-bond acceptors (Lipinski definition) is 2. The number of aromatic nitrogens is 3. The number of hydrogen-bond donors (Lipinski definition) is 0. The van der Waals surface area contributed by atoms with Gasteiger partial charge in [0, 0.05) is 0 Å². The number of benzene rings is 5. The molecule has 0 unspecified atom stereocenters. The van der Waals surface area contributed by atoms with Crippen molar-refractivity contribution in [3.05, 3.63) is 128 Å². The van der Waals surface area contributed by atoms with E-state index in [9.17, 15) is 0 Å². The zero-order valence-corrected chi connectivity index (χ0v) is 23.1. The molecule has 186 valence electrons. The topological polar surface area (TPSA) is 30.7 Å². The first kappa shape index (κ1) is 22.1. The van der Waals surface area contributed by atoms with Crippen molar-refractivity contribution in [3.8, 4) is 16.8 Å². The summed E-state index contributed by atoms with van der Waals surface area (Å²) in [6.45, 7) is 0. The predicted octanol–water partition coefficient (Wildman–Crippen LogP) is 8.91. The summed E-state index contributed by atoms with van der Waals surface area (Å²) in [6.07, 6.45) is 5.72. The second kappa shape index (κ2) is 8.37. The van der Waals surface area contributed by atoms with Crippen LogP contribution in [0.1, 0.15) is 0 Å². The molecule has 0 fully saturated rings. The molecule has 0 amide bonds. The average Bonchev–Trinajstić information content (AvgIpc) is 3.58. The standard InChI is InChI=1S/C36H21N3Se/c1-2-11-25-24(10-1)23(22-9-7-19-37-21-22)17-18-30(25)39-29-15-5-3-12-26(29)32-28-14-8-20-38-34(28)36-33(35(32)39)27-13-4-6-16-31(27)40-36/h1-21H. The molecule has 0 bridgehead atoms. The Morgan fingerprint density at radius 2 is 1.32 bits per heavy atom. The van der Waals surface area contributed by atoms with Gasteiger partial charge in [-0.1, -0.05) is 0 Å². The fraction of sp³-hybridized carbons (Fsp3) is 0. The second-order valence-corrected chi connectivity index (χ2v) is 12.4. The average molecular weight is 575 g/mol. The van der Waals surface area contributed by atoms with Gasteiger partial charge in [-0.3, -0.25) is 0 Å². The number of fused-ring (bicyclic) bond motifs is 11. The van der Waals surface area contributed by atoms with Gasteiger partial charge in [-0.15, -0.1) is 0 Å². The van der Waals surface area contributed by atoms with E-state index in [0.717, 1.165) is 11.1 Å². The van der Waals surface area contributed by atoms with Gasteiger partial charge in [-0.05, 0) is 0 Å². The van der Waals surface area contributed by atoms with E-state index in [1.54, 1.807) is 0 Å². The third kappa shape index (κ3) is 2.95. The Morgan fingerprint density at radius 1 is 0.575 bits per heavy atom. The molecular formula is C36H21N3Se. The van der Waals surface area contributed by atoms with Crippen LogP contribution in [-0.4, -0.2) is 29.0 Å². The molecule has 0 spiro atoms. The van der Waals surface area contributed by atoms with E-state index in [1.807, 2.05) is 24.7 Å². The van der Waals surface area contributed by atoms with Gasteiger partial charge < -0.3 is 0 Å². The van der Waals surface area contributed by atoms with E-state index in [1.165, 1.54) is 68.5 Å². The van der Waals surface area contributed by atoms with Crippen LogP contribution in [-0.2, 0) is 0 Å². The molecule has 9 rings (SSSR count). The monoisotopic (exact) mass is 575 g/mol. The van der Waals surface area contributed by atoms with Gasteiger partial charge >= 0.3 is 236 Å². The molecule has 0 atom stereocenters. The molecule has 0 saturated heterocycles. The van der Waals surface area contributed by atoms with Crippen molar-refractivity contribution in [2.24, 2.45) is 0 Å². The Balaban J connectivity index is 1.54. The van der Waals surface area contributed by atoms with Gasteiger partial charge in [0.05, 0.1) is 0 Å². The molecule has 0 aliphatic carbocycles. The molecule has 5 aromatic carbocycles. The predicted molar refractivity (Wildman–Crippen MR) is 169 cm³/mol. The minimum absolute atomic E-state index is 0.195. The van der Waals surface area contributed by atoms with Crippen LogP contribution in [0.4, 0.5) is 0 Å². The molecule has 0 radical (unpaired) electrons. The molecule has 4 heteroatoms. The van der Waals surface area contributed by atoms with E-state index in [-0.39, 0.29) is 14.5 Å². The van der Waals surface area contributed by atoms with Crippen molar-refractivity contribution in [1.82, 2.24) is 14.5 Å². The van der Waals surface area contributed by atoms with Crippen molar-refractivity contribution >= 4 is 77.3 Å². The van der Waals surface area contributed by atoms with Crippen molar-refractivity contribution in [2.45, 2.75) is 0 Å². The summed E-state index contributed by atoms with van der Waals surface area (Å²) in [5, 5.41) is 8.91. The summed E-state index contributed by atoms with van der Waals surface area (Å²) >= 11 is 0.195. The van der Waals surface area contributed by atoms with Gasteiger partial charge in [-0.2, -0.15) is 0 Å². The van der Waals surface area contributed by atoms with Crippen LogP contribution in [0, 0.1) is 0 Å². The molecule has 0 aliphatic rings. The van der Waals surface area contributed by atoms with E-state index in [4.69, 9.17) is 4.98 Å². The van der Waals surface area contributed by atoms with Crippen molar-refractivity contribution in [3.63, 3.8) is 0 Å². The Bertz CT molecular complexity index is 2430. The third-order valence-corrected chi connectivity index (χ3v) is 10.6. The Labute approximate surface area is 235 Å². The van der Waals surface area contributed by atoms with Gasteiger partial charge in [0.25, 0.3) is 0 Å². The number of para-hydroxylation sites is 1. The van der Waals surface area contributed by atoms with Crippen LogP contribution in [0.25, 0.3) is 79.6 Å². The van der Waals surface area contributed by atoms with Gasteiger partial charge in [0.15, 0.2) is 0 Å². The van der Waals surface area contributed by atoms with Crippen LogP contribution >= 0.6 is 0 Å². The van der Waals surface area contributed by atoms with E-state index in [2.05, 4.69) is 113 Å². The van der Waals surface area contributed by atoms with Crippen molar-refractivity contribution in [2.75, 3.05) is 0 Å². The first-order valence-corrected chi connectivity index (χ1v) is 15.1. The van der Waals surface area contributed by atoms with Crippen molar-refractivity contribution in [1.29, 1.82) is 0 Å². The summed E-state index contributed by atoms with van der Waals surface area (Å²) in [7, 11) is 0. The summed E-state index contributed by atoms with van der Waals surface area (Å²) in [4.78, 5) is 9.37. The van der Waals surface area contributed by atoms with Gasteiger partial charge in [0.2, 0.25) is 0 Å². The van der Waals surface area contributed by atoms with Crippen LogP contribution < -0.4 is 0 Å². The van der Waals surface area contributed by atoms with Gasteiger partial charge in [-0.25, -0.2) is 0 Å². The summed E-state index contributed by atoms with van der Waals surface area (Å²) < 4.78 is 5.33. The molecule has 40 heavy (non-hydrogen) atoms. The molecule has 4 aromatic heterocycles. The zero-order valence-electron chi connectivity index (χ0n) is 21.4. The van der Waals surface area contributed by atoms with E-state index in [0.29, 0.717) is 0 Å². The quantitative estimate of drug-likeness (QED) is 0.193. The number of pyridine rings is 2. The molecule has 3 nitrogen and oxygen atoms in total.